The highest BCUT2D eigenvalue weighted by atomic mass is 16.5. The Morgan fingerprint density at radius 1 is 0.510 bits per heavy atom. The van der Waals surface area contributed by atoms with Crippen LogP contribution in [0, 0.1) is 11.8 Å². The molecule has 0 spiro atoms. The first-order valence-electron chi connectivity index (χ1n) is 22.6. The third kappa shape index (κ3) is 40.1. The topological polar surface area (TPSA) is 55.8 Å². The fourth-order valence-corrected chi connectivity index (χ4v) is 7.27. The number of unbranched alkanes of at least 4 members (excludes halogenated alkanes) is 17. The largest absolute Gasteiger partial charge is 0.466 e. The Morgan fingerprint density at radius 2 is 0.902 bits per heavy atom. The van der Waals surface area contributed by atoms with Crippen LogP contribution >= 0.6 is 0 Å². The van der Waals surface area contributed by atoms with Gasteiger partial charge in [0, 0.05) is 32.6 Å². The molecule has 0 aliphatic rings. The molecule has 0 rings (SSSR count). The van der Waals surface area contributed by atoms with Gasteiger partial charge in [-0.25, -0.2) is 0 Å². The Morgan fingerprint density at radius 3 is 1.31 bits per heavy atom. The maximum Gasteiger partial charge on any atom is 0.305 e. The first-order valence-corrected chi connectivity index (χ1v) is 22.6. The van der Waals surface area contributed by atoms with Crippen molar-refractivity contribution >= 4 is 12.3 Å². The van der Waals surface area contributed by atoms with Crippen LogP contribution in [0.25, 0.3) is 0 Å². The minimum atomic E-state index is 0.00898. The van der Waals surface area contributed by atoms with Gasteiger partial charge in [0.1, 0.15) is 6.29 Å². The van der Waals surface area contributed by atoms with Gasteiger partial charge in [0.05, 0.1) is 6.61 Å². The number of hydrogen-bond donors (Lipinski definition) is 0. The number of esters is 1. The Balaban J connectivity index is 0. The van der Waals surface area contributed by atoms with Crippen LogP contribution in [0.4, 0.5) is 0 Å². The summed E-state index contributed by atoms with van der Waals surface area (Å²) >= 11 is 0. The molecule has 306 valence electrons. The van der Waals surface area contributed by atoms with Gasteiger partial charge >= 0.3 is 5.97 Å². The molecule has 5 heteroatoms. The zero-order valence-electron chi connectivity index (χ0n) is 35.9. The quantitative estimate of drug-likeness (QED) is 0.0359. The van der Waals surface area contributed by atoms with Crippen molar-refractivity contribution in [1.82, 2.24) is 4.90 Å². The molecule has 0 fully saturated rings. The lowest BCUT2D eigenvalue weighted by Crippen LogP contribution is -2.27. The Hall–Kier alpha value is -0.940. The van der Waals surface area contributed by atoms with Crippen molar-refractivity contribution in [1.29, 1.82) is 0 Å². The van der Waals surface area contributed by atoms with Crippen LogP contribution in [0.15, 0.2) is 0 Å². The highest BCUT2D eigenvalue weighted by Crippen LogP contribution is 2.22. The van der Waals surface area contributed by atoms with E-state index in [0.717, 1.165) is 56.8 Å². The Bertz CT molecular complexity index is 664. The molecular weight excluding hydrogens is 631 g/mol. The second-order valence-electron chi connectivity index (χ2n) is 15.9. The summed E-state index contributed by atoms with van der Waals surface area (Å²) in [7, 11) is 6.23. The van der Waals surface area contributed by atoms with Crippen LogP contribution in [0.3, 0.4) is 0 Å². The lowest BCUT2D eigenvalue weighted by atomic mass is 9.92. The van der Waals surface area contributed by atoms with Gasteiger partial charge in [0.25, 0.3) is 0 Å². The number of nitrogens with zero attached hydrogens (tertiary/aromatic N) is 1. The summed E-state index contributed by atoms with van der Waals surface area (Å²) in [5.74, 6) is 1.66. The van der Waals surface area contributed by atoms with Crippen molar-refractivity contribution in [2.75, 3.05) is 34.4 Å². The lowest BCUT2D eigenvalue weighted by molar-refractivity contribution is -0.144. The average molecular weight is 724 g/mol. The van der Waals surface area contributed by atoms with Gasteiger partial charge in [-0.05, 0) is 64.5 Å². The van der Waals surface area contributed by atoms with E-state index in [1.165, 1.54) is 167 Å². The van der Waals surface area contributed by atoms with Crippen molar-refractivity contribution in [3.05, 3.63) is 0 Å². The molecule has 0 aromatic rings. The van der Waals surface area contributed by atoms with E-state index in [1.807, 2.05) is 7.11 Å². The summed E-state index contributed by atoms with van der Waals surface area (Å²) in [5, 5.41) is 0. The number of methoxy groups -OCH3 is 1. The molecule has 1 atom stereocenters. The number of carbonyl (C=O) groups excluding carboxylic acids is 2. The van der Waals surface area contributed by atoms with Gasteiger partial charge in [0.15, 0.2) is 0 Å². The predicted octanol–water partition coefficient (Wildman–Crippen LogP) is 14.1. The number of hydrogen-bond acceptors (Lipinski definition) is 5. The van der Waals surface area contributed by atoms with E-state index in [-0.39, 0.29) is 5.97 Å². The molecule has 0 amide bonds. The van der Waals surface area contributed by atoms with E-state index >= 15 is 0 Å². The molecule has 0 aromatic carbocycles. The average Bonchev–Trinajstić information content (AvgIpc) is 3.12. The standard InChI is InChI=1S/C32H63NO3.C14H30O/c1-5-7-16-22-30(23-17-8-6-2)27-29-36-32(35)26-20-14-11-13-19-25-31(33(3)4)24-18-12-9-10-15-21-28-34;1-4-6-8-10-14(12-13-15-3)11-9-7-5-2/h28,30-31H,5-27,29H2,1-4H3;14H,4-13H2,1-3H3. The smallest absolute Gasteiger partial charge is 0.305 e. The van der Waals surface area contributed by atoms with E-state index in [0.29, 0.717) is 19.1 Å². The van der Waals surface area contributed by atoms with Crippen molar-refractivity contribution < 1.29 is 19.1 Å². The molecule has 0 radical (unpaired) electrons. The molecule has 0 aliphatic carbocycles. The normalized spacial score (nSPS) is 12.0. The first kappa shape index (κ1) is 52.2. The maximum absolute atomic E-state index is 12.2. The van der Waals surface area contributed by atoms with Crippen LogP contribution in [0.5, 0.6) is 0 Å². The van der Waals surface area contributed by atoms with Crippen LogP contribution in [-0.2, 0) is 19.1 Å². The zero-order chi connectivity index (χ0) is 38.0. The molecule has 51 heavy (non-hydrogen) atoms. The Labute approximate surface area is 320 Å². The van der Waals surface area contributed by atoms with Crippen molar-refractivity contribution in [3.63, 3.8) is 0 Å². The predicted molar refractivity (Wildman–Crippen MR) is 224 cm³/mol. The molecule has 0 aliphatic heterocycles. The van der Waals surface area contributed by atoms with E-state index < -0.39 is 0 Å². The fourth-order valence-electron chi connectivity index (χ4n) is 7.27. The lowest BCUT2D eigenvalue weighted by Gasteiger charge is -2.24. The number of ether oxygens (including phenoxy) is 2. The highest BCUT2D eigenvalue weighted by molar-refractivity contribution is 5.69. The molecule has 0 N–H and O–H groups in total. The highest BCUT2D eigenvalue weighted by Gasteiger charge is 2.12. The van der Waals surface area contributed by atoms with Crippen LogP contribution in [0.1, 0.15) is 233 Å². The Kier molecular flexibility index (Phi) is 44.5. The molecule has 0 aromatic heterocycles. The minimum absolute atomic E-state index is 0.00898. The van der Waals surface area contributed by atoms with E-state index in [9.17, 15) is 9.59 Å². The fraction of sp³-hybridized carbons (Fsp3) is 0.957. The number of carbonyl (C=O) groups is 2. The van der Waals surface area contributed by atoms with Crippen LogP contribution in [-0.4, -0.2) is 57.6 Å². The summed E-state index contributed by atoms with van der Waals surface area (Å²) in [4.78, 5) is 24.9. The number of aldehydes is 1. The summed E-state index contributed by atoms with van der Waals surface area (Å²) in [6, 6.07) is 0.683. The molecule has 5 nitrogen and oxygen atoms in total. The van der Waals surface area contributed by atoms with Gasteiger partial charge < -0.3 is 19.2 Å². The molecule has 0 saturated carbocycles. The summed E-state index contributed by atoms with van der Waals surface area (Å²) < 4.78 is 10.8. The van der Waals surface area contributed by atoms with E-state index in [4.69, 9.17) is 9.47 Å². The summed E-state index contributed by atoms with van der Waals surface area (Å²) in [6.45, 7) is 10.6. The summed E-state index contributed by atoms with van der Waals surface area (Å²) in [5.41, 5.74) is 0. The monoisotopic (exact) mass is 724 g/mol. The van der Waals surface area contributed by atoms with Crippen LogP contribution < -0.4 is 0 Å². The molecular formula is C46H93NO4. The van der Waals surface area contributed by atoms with Gasteiger partial charge in [-0.3, -0.25) is 4.79 Å². The van der Waals surface area contributed by atoms with E-state index in [2.05, 4.69) is 46.7 Å². The van der Waals surface area contributed by atoms with E-state index in [1.54, 1.807) is 0 Å². The van der Waals surface area contributed by atoms with Crippen molar-refractivity contribution in [2.24, 2.45) is 11.8 Å². The van der Waals surface area contributed by atoms with Gasteiger partial charge in [-0.15, -0.1) is 0 Å². The molecule has 0 saturated heterocycles. The van der Waals surface area contributed by atoms with Crippen molar-refractivity contribution in [2.45, 2.75) is 239 Å². The van der Waals surface area contributed by atoms with Gasteiger partial charge in [-0.1, -0.05) is 182 Å². The minimum Gasteiger partial charge on any atom is -0.466 e. The second kappa shape index (κ2) is 43.5. The molecule has 1 unspecified atom stereocenters. The second-order valence-corrected chi connectivity index (χ2v) is 15.9. The molecule has 0 bridgehead atoms. The van der Waals surface area contributed by atoms with Crippen LogP contribution in [0.2, 0.25) is 0 Å². The third-order valence-electron chi connectivity index (χ3n) is 10.9. The third-order valence-corrected chi connectivity index (χ3v) is 10.9. The SMILES string of the molecule is CCCCCC(CCCCC)CCOC.CCCCCC(CCCCC)CCOC(=O)CCCCCCCC(CCCCCCCC=O)N(C)C. The maximum atomic E-state index is 12.2. The number of rotatable bonds is 39. The zero-order valence-corrected chi connectivity index (χ0v) is 35.9. The van der Waals surface area contributed by atoms with Gasteiger partial charge in [-0.2, -0.15) is 0 Å². The molecule has 0 heterocycles. The van der Waals surface area contributed by atoms with Gasteiger partial charge in [0.2, 0.25) is 0 Å². The summed E-state index contributed by atoms with van der Waals surface area (Å²) in [6.07, 6.45) is 40.8. The first-order chi connectivity index (χ1) is 24.9. The van der Waals surface area contributed by atoms with Crippen molar-refractivity contribution in [3.8, 4) is 0 Å².